The largest absolute Gasteiger partial charge is 0.416 e. The number of rotatable bonds is 3. The molecule has 0 atom stereocenters. The molecule has 0 saturated carbocycles. The molecule has 176 valence electrons. The van der Waals surface area contributed by atoms with Crippen molar-refractivity contribution in [2.45, 2.75) is 11.1 Å². The van der Waals surface area contributed by atoms with Crippen molar-refractivity contribution in [2.24, 2.45) is 0 Å². The Balaban J connectivity index is 1.78. The minimum Gasteiger partial charge on any atom is -0.276 e. The molecule has 2 heterocycles. The third-order valence-corrected chi connectivity index (χ3v) is 6.89. The Morgan fingerprint density at radius 2 is 1.57 bits per heavy atom. The molecule has 2 aromatic heterocycles. The van der Waals surface area contributed by atoms with Crippen LogP contribution < -0.4 is 5.56 Å². The highest BCUT2D eigenvalue weighted by Gasteiger charge is 2.30. The number of pyridine rings is 2. The number of hydrogen-bond acceptors (Lipinski definition) is 4. The topological polar surface area (TPSA) is 69.0 Å². The molecular weight excluding hydrogens is 477 g/mol. The van der Waals surface area contributed by atoms with Gasteiger partial charge in [-0.1, -0.05) is 24.3 Å². The Hall–Kier alpha value is -3.98. The summed E-state index contributed by atoms with van der Waals surface area (Å²) in [5.41, 5.74) is 1.21. The molecule has 0 unspecified atom stereocenters. The molecule has 3 aromatic carbocycles. The molecular formula is C26H17F3N2O3S. The minimum absolute atomic E-state index is 0.0887. The summed E-state index contributed by atoms with van der Waals surface area (Å²) in [6.07, 6.45) is -1.86. The van der Waals surface area contributed by atoms with Crippen LogP contribution in [0, 0.1) is 0 Å². The second-order valence-electron chi connectivity index (χ2n) is 8.15. The quantitative estimate of drug-likeness (QED) is 0.305. The van der Waals surface area contributed by atoms with Crippen LogP contribution in [0.2, 0.25) is 0 Å². The summed E-state index contributed by atoms with van der Waals surface area (Å²) in [6.45, 7) is 0. The second-order valence-corrected chi connectivity index (χ2v) is 10.2. The van der Waals surface area contributed by atoms with Gasteiger partial charge in [0.25, 0.3) is 5.56 Å². The summed E-state index contributed by atoms with van der Waals surface area (Å²) in [5.74, 6) is 0. The Bertz CT molecular complexity index is 1780. The monoisotopic (exact) mass is 494 g/mol. The van der Waals surface area contributed by atoms with Gasteiger partial charge in [-0.15, -0.1) is 0 Å². The van der Waals surface area contributed by atoms with Crippen molar-refractivity contribution in [3.05, 3.63) is 101 Å². The predicted molar refractivity (Wildman–Crippen MR) is 128 cm³/mol. The molecule has 0 amide bonds. The van der Waals surface area contributed by atoms with Crippen LogP contribution in [0.1, 0.15) is 5.56 Å². The first-order chi connectivity index (χ1) is 16.5. The van der Waals surface area contributed by atoms with Gasteiger partial charge in [-0.05, 0) is 59.7 Å². The number of aromatic nitrogens is 2. The Morgan fingerprint density at radius 1 is 0.857 bits per heavy atom. The molecule has 5 nitrogen and oxygen atoms in total. The Morgan fingerprint density at radius 3 is 2.26 bits per heavy atom. The molecule has 5 rings (SSSR count). The zero-order valence-electron chi connectivity index (χ0n) is 18.2. The summed E-state index contributed by atoms with van der Waals surface area (Å²) in [7, 11) is -3.35. The van der Waals surface area contributed by atoms with Gasteiger partial charge in [0.2, 0.25) is 0 Å². The van der Waals surface area contributed by atoms with Crippen molar-refractivity contribution in [2.75, 3.05) is 6.26 Å². The molecule has 35 heavy (non-hydrogen) atoms. The first-order valence-corrected chi connectivity index (χ1v) is 12.3. The van der Waals surface area contributed by atoms with E-state index in [9.17, 15) is 26.4 Å². The molecule has 5 aromatic rings. The zero-order valence-corrected chi connectivity index (χ0v) is 19.1. The van der Waals surface area contributed by atoms with Crippen LogP contribution in [0.25, 0.3) is 38.6 Å². The molecule has 9 heteroatoms. The first kappa shape index (κ1) is 22.8. The molecule has 0 spiro atoms. The Kier molecular flexibility index (Phi) is 5.25. The van der Waals surface area contributed by atoms with Crippen molar-refractivity contribution in [1.82, 2.24) is 9.55 Å². The van der Waals surface area contributed by atoms with Crippen LogP contribution in [-0.4, -0.2) is 24.2 Å². The van der Waals surface area contributed by atoms with Gasteiger partial charge in [0.1, 0.15) is 0 Å². The first-order valence-electron chi connectivity index (χ1n) is 10.4. The Labute approximate surface area is 198 Å². The standard InChI is InChI=1S/C26H17F3N2O3S/c1-35(33,34)21-9-5-16(6-10-21)17-7-11-23-22(13-17)25-18(15-30-23)8-12-24(32)31(25)20-4-2-3-19(14-20)26(27,28)29/h2-15H,1H3. The van der Waals surface area contributed by atoms with E-state index in [-0.39, 0.29) is 10.6 Å². The highest BCUT2D eigenvalue weighted by Crippen LogP contribution is 2.33. The van der Waals surface area contributed by atoms with Gasteiger partial charge < -0.3 is 0 Å². The number of sulfone groups is 1. The van der Waals surface area contributed by atoms with Gasteiger partial charge in [-0.3, -0.25) is 14.3 Å². The average molecular weight is 494 g/mol. The highest BCUT2D eigenvalue weighted by atomic mass is 32.2. The lowest BCUT2D eigenvalue weighted by atomic mass is 10.0. The minimum atomic E-state index is -4.56. The molecule has 0 saturated heterocycles. The van der Waals surface area contributed by atoms with Crippen LogP contribution in [-0.2, 0) is 16.0 Å². The molecule has 0 aliphatic heterocycles. The third kappa shape index (κ3) is 4.19. The maximum atomic E-state index is 13.4. The normalized spacial score (nSPS) is 12.3. The summed E-state index contributed by atoms with van der Waals surface area (Å²) >= 11 is 0. The maximum absolute atomic E-state index is 13.4. The van der Waals surface area contributed by atoms with Gasteiger partial charge in [0, 0.05) is 35.0 Å². The van der Waals surface area contributed by atoms with E-state index in [1.165, 1.54) is 34.9 Å². The third-order valence-electron chi connectivity index (χ3n) is 5.76. The summed E-state index contributed by atoms with van der Waals surface area (Å²) in [4.78, 5) is 17.6. The van der Waals surface area contributed by atoms with Crippen molar-refractivity contribution in [1.29, 1.82) is 0 Å². The van der Waals surface area contributed by atoms with Crippen LogP contribution in [0.3, 0.4) is 0 Å². The van der Waals surface area contributed by atoms with Crippen LogP contribution in [0.15, 0.2) is 94.7 Å². The van der Waals surface area contributed by atoms with E-state index in [4.69, 9.17) is 0 Å². The SMILES string of the molecule is CS(=O)(=O)c1ccc(-c2ccc3ncc4ccc(=O)n(-c5cccc(C(F)(F)F)c5)c4c3c2)cc1. The van der Waals surface area contributed by atoms with Crippen molar-refractivity contribution < 1.29 is 21.6 Å². The van der Waals surface area contributed by atoms with Gasteiger partial charge >= 0.3 is 6.18 Å². The molecule has 0 bridgehead atoms. The smallest absolute Gasteiger partial charge is 0.276 e. The van der Waals surface area contributed by atoms with Crippen LogP contribution in [0.5, 0.6) is 0 Å². The predicted octanol–water partition coefficient (Wildman–Crippen LogP) is 5.63. The number of halogens is 3. The molecule has 0 radical (unpaired) electrons. The van der Waals surface area contributed by atoms with Crippen molar-refractivity contribution in [3.63, 3.8) is 0 Å². The van der Waals surface area contributed by atoms with E-state index in [1.807, 2.05) is 6.07 Å². The molecule has 0 fully saturated rings. The van der Waals surface area contributed by atoms with E-state index in [1.54, 1.807) is 36.5 Å². The number of benzene rings is 3. The lowest BCUT2D eigenvalue weighted by Gasteiger charge is -2.15. The van der Waals surface area contributed by atoms with E-state index in [2.05, 4.69) is 4.98 Å². The molecule has 0 aliphatic rings. The number of nitrogens with zero attached hydrogens (tertiary/aromatic N) is 2. The van der Waals surface area contributed by atoms with E-state index in [0.717, 1.165) is 29.5 Å². The van der Waals surface area contributed by atoms with Gasteiger partial charge in [0.15, 0.2) is 9.84 Å². The lowest BCUT2D eigenvalue weighted by Crippen LogP contribution is -2.18. The highest BCUT2D eigenvalue weighted by molar-refractivity contribution is 7.90. The van der Waals surface area contributed by atoms with Crippen molar-refractivity contribution in [3.8, 4) is 16.8 Å². The molecule has 0 aliphatic carbocycles. The number of fused-ring (bicyclic) bond motifs is 3. The van der Waals surface area contributed by atoms with Crippen molar-refractivity contribution >= 4 is 31.6 Å². The van der Waals surface area contributed by atoms with Crippen LogP contribution >= 0.6 is 0 Å². The fourth-order valence-electron chi connectivity index (χ4n) is 4.06. The van der Waals surface area contributed by atoms with Gasteiger partial charge in [0.05, 0.1) is 21.5 Å². The zero-order chi connectivity index (χ0) is 25.0. The fourth-order valence-corrected chi connectivity index (χ4v) is 4.69. The van der Waals surface area contributed by atoms with E-state index in [0.29, 0.717) is 21.8 Å². The fraction of sp³-hybridized carbons (Fsp3) is 0.0769. The number of alkyl halides is 3. The average Bonchev–Trinajstić information content (AvgIpc) is 2.82. The lowest BCUT2D eigenvalue weighted by molar-refractivity contribution is -0.137. The summed E-state index contributed by atoms with van der Waals surface area (Å²) < 4.78 is 64.9. The van der Waals surface area contributed by atoms with Gasteiger partial charge in [-0.25, -0.2) is 8.42 Å². The maximum Gasteiger partial charge on any atom is 0.416 e. The van der Waals surface area contributed by atoms with Crippen LogP contribution in [0.4, 0.5) is 13.2 Å². The van der Waals surface area contributed by atoms with Gasteiger partial charge in [-0.2, -0.15) is 13.2 Å². The van der Waals surface area contributed by atoms with E-state index < -0.39 is 27.1 Å². The second kappa shape index (κ2) is 8.06. The number of hydrogen-bond donors (Lipinski definition) is 0. The summed E-state index contributed by atoms with van der Waals surface area (Å²) in [5, 5.41) is 1.15. The van der Waals surface area contributed by atoms with E-state index >= 15 is 0 Å². The summed E-state index contributed by atoms with van der Waals surface area (Å²) in [6, 6.07) is 19.2. The molecule has 0 N–H and O–H groups in total.